The van der Waals surface area contributed by atoms with E-state index in [-0.39, 0.29) is 18.2 Å². The van der Waals surface area contributed by atoms with E-state index >= 15 is 0 Å². The number of halogens is 2. The molecule has 0 radical (unpaired) electrons. The maximum atomic E-state index is 13.8. The van der Waals surface area contributed by atoms with Gasteiger partial charge in [0, 0.05) is 28.5 Å². The van der Waals surface area contributed by atoms with Crippen LogP contribution in [0.5, 0.6) is 0 Å². The predicted octanol–water partition coefficient (Wildman–Crippen LogP) is 6.40. The van der Waals surface area contributed by atoms with Crippen LogP contribution in [0, 0.1) is 6.92 Å². The van der Waals surface area contributed by atoms with Gasteiger partial charge in [-0.15, -0.1) is 0 Å². The average molecular weight is 511 g/mol. The van der Waals surface area contributed by atoms with Gasteiger partial charge in [-0.2, -0.15) is 0 Å². The van der Waals surface area contributed by atoms with Crippen molar-refractivity contribution in [3.8, 4) is 0 Å². The summed E-state index contributed by atoms with van der Waals surface area (Å²) < 4.78 is 0. The topological polar surface area (TPSA) is 49.4 Å². The van der Waals surface area contributed by atoms with Gasteiger partial charge >= 0.3 is 0 Å². The Bertz CT molecular complexity index is 1170. The second kappa shape index (κ2) is 11.7. The second-order valence-corrected chi connectivity index (χ2v) is 10.6. The van der Waals surface area contributed by atoms with E-state index in [4.69, 9.17) is 23.2 Å². The lowest BCUT2D eigenvalue weighted by molar-refractivity contribution is -0.141. The zero-order valence-corrected chi connectivity index (χ0v) is 22.2. The van der Waals surface area contributed by atoms with Gasteiger partial charge in [-0.1, -0.05) is 83.9 Å². The third-order valence-electron chi connectivity index (χ3n) is 5.73. The molecule has 3 aromatic carbocycles. The monoisotopic (exact) mass is 510 g/mol. The van der Waals surface area contributed by atoms with Gasteiger partial charge in [-0.05, 0) is 62.1 Å². The molecule has 35 heavy (non-hydrogen) atoms. The lowest BCUT2D eigenvalue weighted by Gasteiger charge is -2.34. The van der Waals surface area contributed by atoms with Gasteiger partial charge in [-0.3, -0.25) is 9.59 Å². The third-order valence-corrected chi connectivity index (χ3v) is 6.31. The van der Waals surface area contributed by atoms with E-state index in [0.29, 0.717) is 28.6 Å². The Hall–Kier alpha value is -2.82. The van der Waals surface area contributed by atoms with Crippen LogP contribution in [-0.4, -0.2) is 28.3 Å². The summed E-state index contributed by atoms with van der Waals surface area (Å²) in [5, 5.41) is 4.02. The van der Waals surface area contributed by atoms with Crippen LogP contribution in [0.15, 0.2) is 72.8 Å². The largest absolute Gasteiger partial charge is 0.350 e. The highest BCUT2D eigenvalue weighted by Crippen LogP contribution is 2.24. The summed E-state index contributed by atoms with van der Waals surface area (Å²) in [4.78, 5) is 29.1. The van der Waals surface area contributed by atoms with Gasteiger partial charge < -0.3 is 10.2 Å². The van der Waals surface area contributed by atoms with E-state index in [1.54, 1.807) is 23.1 Å². The molecule has 0 spiro atoms. The molecule has 1 N–H and O–H groups in total. The lowest BCUT2D eigenvalue weighted by atomic mass is 9.99. The minimum absolute atomic E-state index is 0.0654. The fourth-order valence-corrected chi connectivity index (χ4v) is 4.38. The highest BCUT2D eigenvalue weighted by atomic mass is 35.5. The molecule has 6 heteroatoms. The Morgan fingerprint density at radius 3 is 2.20 bits per heavy atom. The van der Waals surface area contributed by atoms with Gasteiger partial charge in [0.25, 0.3) is 0 Å². The van der Waals surface area contributed by atoms with Crippen molar-refractivity contribution in [3.63, 3.8) is 0 Å². The van der Waals surface area contributed by atoms with Crippen LogP contribution in [0.1, 0.15) is 43.0 Å². The van der Waals surface area contributed by atoms with E-state index < -0.39 is 11.6 Å². The molecule has 3 rings (SSSR count). The summed E-state index contributed by atoms with van der Waals surface area (Å²) in [5.41, 5.74) is 3.26. The van der Waals surface area contributed by atoms with Crippen molar-refractivity contribution in [1.82, 2.24) is 10.2 Å². The first-order chi connectivity index (χ1) is 16.5. The number of aryl methyl sites for hydroxylation is 1. The number of nitrogens with zero attached hydrogens (tertiary/aromatic N) is 1. The molecule has 0 aromatic heterocycles. The van der Waals surface area contributed by atoms with Crippen LogP contribution < -0.4 is 5.32 Å². The van der Waals surface area contributed by atoms with E-state index in [9.17, 15) is 9.59 Å². The van der Waals surface area contributed by atoms with Gasteiger partial charge in [-0.25, -0.2) is 0 Å². The van der Waals surface area contributed by atoms with E-state index in [0.717, 1.165) is 16.7 Å². The van der Waals surface area contributed by atoms with Crippen molar-refractivity contribution in [2.75, 3.05) is 0 Å². The first kappa shape index (κ1) is 26.8. The summed E-state index contributed by atoms with van der Waals surface area (Å²) in [6.07, 6.45) is 0.463. The Balaban J connectivity index is 2.02. The maximum Gasteiger partial charge on any atom is 0.243 e. The highest BCUT2D eigenvalue weighted by Gasteiger charge is 2.32. The molecule has 4 nitrogen and oxygen atoms in total. The molecule has 2 amide bonds. The number of carbonyl (C=O) groups excluding carboxylic acids is 2. The van der Waals surface area contributed by atoms with Crippen molar-refractivity contribution in [2.45, 2.75) is 58.7 Å². The van der Waals surface area contributed by atoms with Crippen molar-refractivity contribution in [3.05, 3.63) is 105 Å². The van der Waals surface area contributed by atoms with Gasteiger partial charge in [0.05, 0.1) is 6.42 Å². The quantitative estimate of drug-likeness (QED) is 0.381. The van der Waals surface area contributed by atoms with Crippen molar-refractivity contribution in [1.29, 1.82) is 0 Å². The average Bonchev–Trinajstić information content (AvgIpc) is 2.78. The van der Waals surface area contributed by atoms with Gasteiger partial charge in [0.15, 0.2) is 0 Å². The fourth-order valence-electron chi connectivity index (χ4n) is 3.91. The molecule has 3 aromatic rings. The molecule has 0 saturated heterocycles. The zero-order chi connectivity index (χ0) is 25.6. The van der Waals surface area contributed by atoms with Crippen LogP contribution in [0.25, 0.3) is 0 Å². The fraction of sp³-hybridized carbons (Fsp3) is 0.310. The summed E-state index contributed by atoms with van der Waals surface area (Å²) in [6.45, 7) is 8.13. The molecular weight excluding hydrogens is 479 g/mol. The van der Waals surface area contributed by atoms with Crippen LogP contribution in [0.2, 0.25) is 10.0 Å². The smallest absolute Gasteiger partial charge is 0.243 e. The standard InChI is InChI=1S/C29H32Cl2N2O2/c1-20-10-8-9-13-23(20)19-33(27(34)17-22-14-15-24(30)18-25(22)31)26(28(35)32-29(2,3)4)16-21-11-6-5-7-12-21/h5-15,18,26H,16-17,19H2,1-4H3,(H,32,35)/t26-/m1/s1. The summed E-state index contributed by atoms with van der Waals surface area (Å²) in [6, 6.07) is 22.1. The number of benzene rings is 3. The molecule has 0 aliphatic rings. The normalized spacial score (nSPS) is 12.2. The molecule has 0 fully saturated rings. The molecule has 0 bridgehead atoms. The summed E-state index contributed by atoms with van der Waals surface area (Å²) in [7, 11) is 0. The van der Waals surface area contributed by atoms with Crippen molar-refractivity contribution < 1.29 is 9.59 Å². The Labute approximate surface area is 218 Å². The second-order valence-electron chi connectivity index (χ2n) is 9.81. The first-order valence-corrected chi connectivity index (χ1v) is 12.4. The number of carbonyl (C=O) groups is 2. The molecule has 184 valence electrons. The molecule has 0 saturated carbocycles. The number of hydrogen-bond donors (Lipinski definition) is 1. The SMILES string of the molecule is Cc1ccccc1CN(C(=O)Cc1ccc(Cl)cc1Cl)[C@H](Cc1ccccc1)C(=O)NC(C)(C)C. The molecule has 0 aliphatic carbocycles. The molecular formula is C29H32Cl2N2O2. The highest BCUT2D eigenvalue weighted by molar-refractivity contribution is 6.35. The van der Waals surface area contributed by atoms with Crippen LogP contribution in [0.3, 0.4) is 0 Å². The first-order valence-electron chi connectivity index (χ1n) is 11.7. The number of nitrogens with one attached hydrogen (secondary N) is 1. The van der Waals surface area contributed by atoms with E-state index in [2.05, 4.69) is 5.32 Å². The predicted molar refractivity (Wildman–Crippen MR) is 144 cm³/mol. The van der Waals surface area contributed by atoms with Crippen molar-refractivity contribution in [2.24, 2.45) is 0 Å². The lowest BCUT2D eigenvalue weighted by Crippen LogP contribution is -2.54. The van der Waals surface area contributed by atoms with E-state index in [1.807, 2.05) is 82.3 Å². The number of hydrogen-bond acceptors (Lipinski definition) is 2. The Morgan fingerprint density at radius 2 is 1.57 bits per heavy atom. The Morgan fingerprint density at radius 1 is 0.914 bits per heavy atom. The number of amides is 2. The molecule has 0 unspecified atom stereocenters. The van der Waals surface area contributed by atoms with E-state index in [1.165, 1.54) is 0 Å². The van der Waals surface area contributed by atoms with Crippen LogP contribution in [-0.2, 0) is 29.0 Å². The molecule has 0 heterocycles. The minimum Gasteiger partial charge on any atom is -0.350 e. The molecule has 0 aliphatic heterocycles. The minimum atomic E-state index is -0.699. The maximum absolute atomic E-state index is 13.8. The third kappa shape index (κ3) is 7.84. The zero-order valence-electron chi connectivity index (χ0n) is 20.6. The van der Waals surface area contributed by atoms with Crippen LogP contribution >= 0.6 is 23.2 Å². The summed E-state index contributed by atoms with van der Waals surface area (Å²) >= 11 is 12.4. The van der Waals surface area contributed by atoms with Gasteiger partial charge in [0.1, 0.15) is 6.04 Å². The summed E-state index contributed by atoms with van der Waals surface area (Å²) in [5.74, 6) is -0.368. The number of rotatable bonds is 8. The van der Waals surface area contributed by atoms with Crippen molar-refractivity contribution >= 4 is 35.0 Å². The Kier molecular flexibility index (Phi) is 8.98. The van der Waals surface area contributed by atoms with Gasteiger partial charge in [0.2, 0.25) is 11.8 Å². The van der Waals surface area contributed by atoms with Crippen LogP contribution in [0.4, 0.5) is 0 Å². The molecule has 1 atom stereocenters.